The van der Waals surface area contributed by atoms with Gasteiger partial charge in [-0.25, -0.2) is 0 Å². The van der Waals surface area contributed by atoms with Crippen molar-refractivity contribution in [2.24, 2.45) is 5.73 Å². The van der Waals surface area contributed by atoms with Crippen molar-refractivity contribution >= 4 is 5.78 Å². The minimum absolute atomic E-state index is 0.133. The lowest BCUT2D eigenvalue weighted by atomic mass is 10.0. The summed E-state index contributed by atoms with van der Waals surface area (Å²) in [5.74, 6) is -0.00507. The third kappa shape index (κ3) is 2.25. The van der Waals surface area contributed by atoms with Crippen LogP contribution in [0.25, 0.3) is 0 Å². The molecule has 0 saturated carbocycles. The molecule has 0 heterocycles. The molecular weight excluding hydrogens is 210 g/mol. The first-order valence-corrected chi connectivity index (χ1v) is 4.76. The number of phenolic OH excluding ortho intramolecular Hbond substituents is 1. The zero-order chi connectivity index (χ0) is 12.3. The molecule has 3 N–H and O–H groups in total. The second-order valence-corrected chi connectivity index (χ2v) is 3.38. The van der Waals surface area contributed by atoms with Crippen LogP contribution in [-0.4, -0.2) is 31.2 Å². The standard InChI is InChI=1S/C11H15NO4/c1-6(12)10(13)7-4-8(15-2)11(14)9(5-7)16-3/h4-6,14H,12H2,1-3H3. The Kier molecular flexibility index (Phi) is 3.73. The number of hydrogen-bond donors (Lipinski definition) is 2. The van der Waals surface area contributed by atoms with Gasteiger partial charge in [0, 0.05) is 5.56 Å². The number of Topliss-reactive ketones (excluding diaryl/α,β-unsaturated/α-hetero) is 1. The molecular formula is C11H15NO4. The highest BCUT2D eigenvalue weighted by Crippen LogP contribution is 2.37. The van der Waals surface area contributed by atoms with E-state index in [1.54, 1.807) is 6.92 Å². The number of rotatable bonds is 4. The first-order chi connectivity index (χ1) is 7.51. The zero-order valence-corrected chi connectivity index (χ0v) is 9.48. The number of phenols is 1. The van der Waals surface area contributed by atoms with Crippen molar-refractivity contribution in [2.75, 3.05) is 14.2 Å². The van der Waals surface area contributed by atoms with Gasteiger partial charge in [0.2, 0.25) is 5.75 Å². The van der Waals surface area contributed by atoms with Gasteiger partial charge in [0.25, 0.3) is 0 Å². The molecule has 1 rings (SSSR count). The fraction of sp³-hybridized carbons (Fsp3) is 0.364. The van der Waals surface area contributed by atoms with E-state index in [2.05, 4.69) is 0 Å². The van der Waals surface area contributed by atoms with Crippen LogP contribution in [0.4, 0.5) is 0 Å². The van der Waals surface area contributed by atoms with Crippen LogP contribution in [-0.2, 0) is 0 Å². The lowest BCUT2D eigenvalue weighted by Gasteiger charge is -2.11. The molecule has 5 nitrogen and oxygen atoms in total. The van der Waals surface area contributed by atoms with E-state index >= 15 is 0 Å². The second-order valence-electron chi connectivity index (χ2n) is 3.38. The summed E-state index contributed by atoms with van der Waals surface area (Å²) in [6, 6.07) is 2.26. The molecule has 0 aromatic heterocycles. The summed E-state index contributed by atoms with van der Waals surface area (Å²) in [7, 11) is 2.79. The van der Waals surface area contributed by atoms with Gasteiger partial charge >= 0.3 is 0 Å². The van der Waals surface area contributed by atoms with Crippen molar-refractivity contribution in [3.8, 4) is 17.2 Å². The lowest BCUT2D eigenvalue weighted by molar-refractivity contribution is 0.0967. The monoisotopic (exact) mass is 225 g/mol. The largest absolute Gasteiger partial charge is 0.502 e. The average Bonchev–Trinajstić information content (AvgIpc) is 2.28. The van der Waals surface area contributed by atoms with Crippen molar-refractivity contribution < 1.29 is 19.4 Å². The second kappa shape index (κ2) is 4.85. The summed E-state index contributed by atoms with van der Waals surface area (Å²) in [6.07, 6.45) is 0. The number of hydrogen-bond acceptors (Lipinski definition) is 5. The third-order valence-electron chi connectivity index (χ3n) is 2.18. The van der Waals surface area contributed by atoms with Crippen LogP contribution in [0.15, 0.2) is 12.1 Å². The maximum absolute atomic E-state index is 11.7. The van der Waals surface area contributed by atoms with Crippen LogP contribution in [0.2, 0.25) is 0 Å². The Bertz CT molecular complexity index is 376. The third-order valence-corrected chi connectivity index (χ3v) is 2.18. The van der Waals surface area contributed by atoms with Gasteiger partial charge in [-0.2, -0.15) is 0 Å². The van der Waals surface area contributed by atoms with Crippen LogP contribution in [0, 0.1) is 0 Å². The number of carbonyl (C=O) groups excluding carboxylic acids is 1. The first kappa shape index (κ1) is 12.3. The Morgan fingerprint density at radius 2 is 1.75 bits per heavy atom. The van der Waals surface area contributed by atoms with E-state index in [0.29, 0.717) is 5.56 Å². The lowest BCUT2D eigenvalue weighted by Crippen LogP contribution is -2.26. The maximum Gasteiger partial charge on any atom is 0.200 e. The zero-order valence-electron chi connectivity index (χ0n) is 9.48. The van der Waals surface area contributed by atoms with Crippen LogP contribution in [0.5, 0.6) is 17.2 Å². The minimum atomic E-state index is -0.612. The quantitative estimate of drug-likeness (QED) is 0.745. The van der Waals surface area contributed by atoms with Crippen molar-refractivity contribution in [1.29, 1.82) is 0 Å². The highest BCUT2D eigenvalue weighted by atomic mass is 16.5. The molecule has 1 aromatic carbocycles. The predicted molar refractivity (Wildman–Crippen MR) is 59.2 cm³/mol. The van der Waals surface area contributed by atoms with Gasteiger partial charge in [-0.1, -0.05) is 0 Å². The van der Waals surface area contributed by atoms with Crippen LogP contribution < -0.4 is 15.2 Å². The van der Waals surface area contributed by atoms with Gasteiger partial charge < -0.3 is 20.3 Å². The number of benzene rings is 1. The SMILES string of the molecule is COc1cc(C(=O)C(C)N)cc(OC)c1O. The van der Waals surface area contributed by atoms with E-state index < -0.39 is 6.04 Å². The average molecular weight is 225 g/mol. The number of aromatic hydroxyl groups is 1. The highest BCUT2D eigenvalue weighted by Gasteiger charge is 2.17. The number of ketones is 1. The van der Waals surface area contributed by atoms with Gasteiger partial charge in [0.05, 0.1) is 20.3 Å². The Balaban J connectivity index is 3.27. The minimum Gasteiger partial charge on any atom is -0.502 e. The molecule has 0 radical (unpaired) electrons. The molecule has 0 bridgehead atoms. The van der Waals surface area contributed by atoms with Crippen LogP contribution >= 0.6 is 0 Å². The Morgan fingerprint density at radius 3 is 2.06 bits per heavy atom. The smallest absolute Gasteiger partial charge is 0.200 e. The molecule has 88 valence electrons. The summed E-state index contributed by atoms with van der Waals surface area (Å²) in [4.78, 5) is 11.7. The van der Waals surface area contributed by atoms with Gasteiger partial charge in [0.1, 0.15) is 0 Å². The van der Waals surface area contributed by atoms with Crippen molar-refractivity contribution in [2.45, 2.75) is 13.0 Å². The molecule has 0 saturated heterocycles. The molecule has 0 fully saturated rings. The van der Waals surface area contributed by atoms with Gasteiger partial charge in [0.15, 0.2) is 17.3 Å². The van der Waals surface area contributed by atoms with E-state index in [1.807, 2.05) is 0 Å². The van der Waals surface area contributed by atoms with E-state index in [0.717, 1.165) is 0 Å². The number of carbonyl (C=O) groups is 1. The van der Waals surface area contributed by atoms with E-state index in [1.165, 1.54) is 26.4 Å². The molecule has 1 aromatic rings. The first-order valence-electron chi connectivity index (χ1n) is 4.76. The van der Waals surface area contributed by atoms with Gasteiger partial charge in [-0.3, -0.25) is 4.79 Å². The Hall–Kier alpha value is -1.75. The van der Waals surface area contributed by atoms with Crippen molar-refractivity contribution in [1.82, 2.24) is 0 Å². The molecule has 1 unspecified atom stereocenters. The van der Waals surface area contributed by atoms with Crippen LogP contribution in [0.1, 0.15) is 17.3 Å². The Labute approximate surface area is 93.8 Å². The summed E-state index contributed by atoms with van der Waals surface area (Å²) in [6.45, 7) is 1.59. The molecule has 0 spiro atoms. The fourth-order valence-corrected chi connectivity index (χ4v) is 1.30. The molecule has 0 aliphatic heterocycles. The highest BCUT2D eigenvalue weighted by molar-refractivity contribution is 6.00. The van der Waals surface area contributed by atoms with E-state index in [-0.39, 0.29) is 23.0 Å². The Morgan fingerprint density at radius 1 is 1.31 bits per heavy atom. The predicted octanol–water partition coefficient (Wildman–Crippen LogP) is 0.939. The summed E-state index contributed by atoms with van der Waals surface area (Å²) >= 11 is 0. The fourth-order valence-electron chi connectivity index (χ4n) is 1.30. The molecule has 0 aliphatic carbocycles. The van der Waals surface area contributed by atoms with Gasteiger partial charge in [-0.15, -0.1) is 0 Å². The van der Waals surface area contributed by atoms with Crippen molar-refractivity contribution in [3.05, 3.63) is 17.7 Å². The number of ether oxygens (including phenoxy) is 2. The molecule has 1 atom stereocenters. The normalized spacial score (nSPS) is 12.0. The summed E-state index contributed by atoms with van der Waals surface area (Å²) in [5, 5.41) is 9.64. The number of methoxy groups -OCH3 is 2. The maximum atomic E-state index is 11.7. The number of nitrogens with two attached hydrogens (primary N) is 1. The molecule has 0 aliphatic rings. The van der Waals surface area contributed by atoms with Crippen LogP contribution in [0.3, 0.4) is 0 Å². The molecule has 16 heavy (non-hydrogen) atoms. The van der Waals surface area contributed by atoms with Crippen molar-refractivity contribution in [3.63, 3.8) is 0 Å². The van der Waals surface area contributed by atoms with Gasteiger partial charge in [-0.05, 0) is 19.1 Å². The molecule has 0 amide bonds. The molecule has 5 heteroatoms. The van der Waals surface area contributed by atoms with E-state index in [4.69, 9.17) is 15.2 Å². The summed E-state index contributed by atoms with van der Waals surface area (Å²) < 4.78 is 9.87. The summed E-state index contributed by atoms with van der Waals surface area (Å²) in [5.41, 5.74) is 5.84. The topological polar surface area (TPSA) is 81.8 Å². The van der Waals surface area contributed by atoms with E-state index in [9.17, 15) is 9.90 Å².